The fraction of sp³-hybridized carbons (Fsp3) is 0.533. The van der Waals surface area contributed by atoms with Crippen LogP contribution in [-0.4, -0.2) is 23.7 Å². The van der Waals surface area contributed by atoms with E-state index in [0.29, 0.717) is 18.5 Å². The number of hydrogen-bond acceptors (Lipinski definition) is 3. The van der Waals surface area contributed by atoms with Gasteiger partial charge in [-0.1, -0.05) is 24.6 Å². The van der Waals surface area contributed by atoms with Crippen molar-refractivity contribution >= 4 is 30.1 Å². The zero-order valence-corrected chi connectivity index (χ0v) is 13.0. The van der Waals surface area contributed by atoms with Crippen molar-refractivity contribution < 1.29 is 4.79 Å². The number of amides is 1. The first kappa shape index (κ1) is 15.7. The van der Waals surface area contributed by atoms with Gasteiger partial charge in [0.15, 0.2) is 0 Å². The Bertz CT molecular complexity index is 458. The van der Waals surface area contributed by atoms with Crippen molar-refractivity contribution in [3.8, 4) is 0 Å². The fourth-order valence-electron chi connectivity index (χ4n) is 3.11. The standard InChI is InChI=1S/C15H20N2OS.ClH/c16-9-11-5-3-6-12(11)17-15(18)14-8-10-4-1-2-7-13(10)19-14;/h1-2,4,7,11-12,14H,3,5-6,8-9,16H2,(H,17,18);1H. The molecule has 5 heteroatoms. The lowest BCUT2D eigenvalue weighted by atomic mass is 10.0. The third kappa shape index (κ3) is 3.13. The molecule has 0 radical (unpaired) electrons. The molecule has 1 aromatic carbocycles. The van der Waals surface area contributed by atoms with E-state index in [2.05, 4.69) is 17.4 Å². The summed E-state index contributed by atoms with van der Waals surface area (Å²) in [6.07, 6.45) is 4.27. The molecule has 20 heavy (non-hydrogen) atoms. The molecule has 1 saturated carbocycles. The number of halogens is 1. The van der Waals surface area contributed by atoms with Crippen LogP contribution < -0.4 is 11.1 Å². The minimum atomic E-state index is 0. The van der Waals surface area contributed by atoms with Crippen molar-refractivity contribution in [1.82, 2.24) is 5.32 Å². The molecular weight excluding hydrogens is 292 g/mol. The van der Waals surface area contributed by atoms with Crippen LogP contribution >= 0.6 is 24.2 Å². The van der Waals surface area contributed by atoms with Crippen LogP contribution in [0.2, 0.25) is 0 Å². The second-order valence-corrected chi connectivity index (χ2v) is 6.70. The summed E-state index contributed by atoms with van der Waals surface area (Å²) in [6, 6.07) is 8.59. The highest BCUT2D eigenvalue weighted by Crippen LogP contribution is 2.37. The molecular formula is C15H21ClN2OS. The predicted molar refractivity (Wildman–Crippen MR) is 85.4 cm³/mol. The van der Waals surface area contributed by atoms with Crippen LogP contribution in [0.3, 0.4) is 0 Å². The average molecular weight is 313 g/mol. The molecule has 3 rings (SSSR count). The monoisotopic (exact) mass is 312 g/mol. The number of rotatable bonds is 3. The lowest BCUT2D eigenvalue weighted by Crippen LogP contribution is -2.43. The summed E-state index contributed by atoms with van der Waals surface area (Å²) in [5.41, 5.74) is 7.07. The van der Waals surface area contributed by atoms with Gasteiger partial charge in [-0.15, -0.1) is 24.2 Å². The lowest BCUT2D eigenvalue weighted by molar-refractivity contribution is -0.121. The number of nitrogens with two attached hydrogens (primary N) is 1. The largest absolute Gasteiger partial charge is 0.352 e. The molecule has 0 saturated heterocycles. The summed E-state index contributed by atoms with van der Waals surface area (Å²) in [6.45, 7) is 0.684. The van der Waals surface area contributed by atoms with Crippen LogP contribution in [0.4, 0.5) is 0 Å². The van der Waals surface area contributed by atoms with E-state index in [4.69, 9.17) is 5.73 Å². The molecule has 1 amide bonds. The smallest absolute Gasteiger partial charge is 0.234 e. The zero-order chi connectivity index (χ0) is 13.2. The van der Waals surface area contributed by atoms with Gasteiger partial charge in [0.2, 0.25) is 5.91 Å². The maximum absolute atomic E-state index is 12.4. The fourth-order valence-corrected chi connectivity index (χ4v) is 4.32. The Morgan fingerprint density at radius 1 is 1.35 bits per heavy atom. The number of hydrogen-bond donors (Lipinski definition) is 2. The minimum Gasteiger partial charge on any atom is -0.352 e. The van der Waals surface area contributed by atoms with E-state index in [-0.39, 0.29) is 23.6 Å². The second-order valence-electron chi connectivity index (χ2n) is 5.46. The predicted octanol–water partition coefficient (Wildman–Crippen LogP) is 2.37. The van der Waals surface area contributed by atoms with E-state index in [1.54, 1.807) is 11.8 Å². The highest BCUT2D eigenvalue weighted by Gasteiger charge is 2.32. The summed E-state index contributed by atoms with van der Waals surface area (Å²) in [5.74, 6) is 0.657. The number of nitrogens with one attached hydrogen (secondary N) is 1. The van der Waals surface area contributed by atoms with Gasteiger partial charge >= 0.3 is 0 Å². The molecule has 0 spiro atoms. The molecule has 3 atom stereocenters. The lowest BCUT2D eigenvalue weighted by Gasteiger charge is -2.21. The molecule has 3 unspecified atom stereocenters. The number of carbonyl (C=O) groups is 1. The van der Waals surface area contributed by atoms with Crippen molar-refractivity contribution in [3.05, 3.63) is 29.8 Å². The quantitative estimate of drug-likeness (QED) is 0.901. The van der Waals surface area contributed by atoms with Crippen LogP contribution in [0.1, 0.15) is 24.8 Å². The van der Waals surface area contributed by atoms with Crippen LogP contribution in [0, 0.1) is 5.92 Å². The Hall–Kier alpha value is -0.710. The molecule has 2 aliphatic rings. The molecule has 0 aromatic heterocycles. The van der Waals surface area contributed by atoms with E-state index in [1.807, 2.05) is 12.1 Å². The number of benzene rings is 1. The minimum absolute atomic E-state index is 0. The second kappa shape index (κ2) is 6.83. The van der Waals surface area contributed by atoms with E-state index in [0.717, 1.165) is 19.3 Å². The van der Waals surface area contributed by atoms with Crippen molar-refractivity contribution in [2.45, 2.75) is 41.9 Å². The third-order valence-corrected chi connectivity index (χ3v) is 5.55. The maximum atomic E-state index is 12.4. The van der Waals surface area contributed by atoms with Crippen LogP contribution in [-0.2, 0) is 11.2 Å². The molecule has 1 fully saturated rings. The van der Waals surface area contributed by atoms with Crippen molar-refractivity contribution in [3.63, 3.8) is 0 Å². The third-order valence-electron chi connectivity index (χ3n) is 4.23. The van der Waals surface area contributed by atoms with Gasteiger partial charge in [-0.3, -0.25) is 4.79 Å². The first-order valence-corrected chi connectivity index (χ1v) is 7.91. The Balaban J connectivity index is 0.00000147. The molecule has 1 aromatic rings. The van der Waals surface area contributed by atoms with Gasteiger partial charge in [-0.2, -0.15) is 0 Å². The number of carbonyl (C=O) groups excluding carboxylic acids is 1. The first-order chi connectivity index (χ1) is 9.28. The Kier molecular flexibility index (Phi) is 5.35. The van der Waals surface area contributed by atoms with Crippen molar-refractivity contribution in [2.75, 3.05) is 6.54 Å². The Morgan fingerprint density at radius 3 is 2.90 bits per heavy atom. The van der Waals surface area contributed by atoms with Crippen molar-refractivity contribution in [2.24, 2.45) is 11.7 Å². The van der Waals surface area contributed by atoms with E-state index in [9.17, 15) is 4.79 Å². The van der Waals surface area contributed by atoms with E-state index < -0.39 is 0 Å². The van der Waals surface area contributed by atoms with E-state index >= 15 is 0 Å². The van der Waals surface area contributed by atoms with Gasteiger partial charge in [0.25, 0.3) is 0 Å². The van der Waals surface area contributed by atoms with Crippen LogP contribution in [0.5, 0.6) is 0 Å². The number of fused-ring (bicyclic) bond motifs is 1. The zero-order valence-electron chi connectivity index (χ0n) is 11.4. The van der Waals surface area contributed by atoms with E-state index in [1.165, 1.54) is 16.9 Å². The highest BCUT2D eigenvalue weighted by atomic mass is 35.5. The summed E-state index contributed by atoms with van der Waals surface area (Å²) >= 11 is 1.69. The van der Waals surface area contributed by atoms with Crippen LogP contribution in [0.25, 0.3) is 0 Å². The SMILES string of the molecule is Cl.NCC1CCCC1NC(=O)C1Cc2ccccc2S1. The van der Waals surface area contributed by atoms with Gasteiger partial charge in [0.1, 0.15) is 0 Å². The molecule has 1 aliphatic heterocycles. The molecule has 0 bridgehead atoms. The summed E-state index contributed by atoms with van der Waals surface area (Å²) in [5, 5.41) is 3.26. The average Bonchev–Trinajstić information content (AvgIpc) is 3.03. The molecule has 1 heterocycles. The highest BCUT2D eigenvalue weighted by molar-refractivity contribution is 8.01. The van der Waals surface area contributed by atoms with Crippen molar-refractivity contribution in [1.29, 1.82) is 0 Å². The van der Waals surface area contributed by atoms with Gasteiger partial charge < -0.3 is 11.1 Å². The van der Waals surface area contributed by atoms with Gasteiger partial charge in [0, 0.05) is 10.9 Å². The molecule has 110 valence electrons. The van der Waals surface area contributed by atoms with Crippen LogP contribution in [0.15, 0.2) is 29.2 Å². The first-order valence-electron chi connectivity index (χ1n) is 7.03. The summed E-state index contributed by atoms with van der Waals surface area (Å²) < 4.78 is 0. The van der Waals surface area contributed by atoms with Gasteiger partial charge in [-0.25, -0.2) is 0 Å². The summed E-state index contributed by atoms with van der Waals surface area (Å²) in [7, 11) is 0. The topological polar surface area (TPSA) is 55.1 Å². The molecule has 3 N–H and O–H groups in total. The maximum Gasteiger partial charge on any atom is 0.234 e. The summed E-state index contributed by atoms with van der Waals surface area (Å²) in [4.78, 5) is 13.6. The normalized spacial score (nSPS) is 27.8. The number of thioether (sulfide) groups is 1. The molecule has 3 nitrogen and oxygen atoms in total. The van der Waals surface area contributed by atoms with Gasteiger partial charge in [0.05, 0.1) is 5.25 Å². The Labute approximate surface area is 130 Å². The van der Waals surface area contributed by atoms with Gasteiger partial charge in [-0.05, 0) is 43.4 Å². The Morgan fingerprint density at radius 2 is 2.15 bits per heavy atom. The molecule has 1 aliphatic carbocycles.